The number of halogens is 3. The van der Waals surface area contributed by atoms with E-state index in [0.29, 0.717) is 11.3 Å². The first kappa shape index (κ1) is 19.1. The summed E-state index contributed by atoms with van der Waals surface area (Å²) in [6.45, 7) is -0.281. The van der Waals surface area contributed by atoms with Gasteiger partial charge in [0.15, 0.2) is 5.75 Å². The minimum atomic E-state index is -4.83. The van der Waals surface area contributed by atoms with Gasteiger partial charge in [-0.05, 0) is 36.4 Å². The molecule has 0 saturated heterocycles. The molecule has 6 nitrogen and oxygen atoms in total. The number of hydrogen-bond acceptors (Lipinski definition) is 5. The molecule has 0 aliphatic heterocycles. The van der Waals surface area contributed by atoms with Crippen LogP contribution in [0.3, 0.4) is 0 Å². The molecule has 2 rings (SSSR count). The van der Waals surface area contributed by atoms with Crippen LogP contribution in [0.4, 0.5) is 24.5 Å². The van der Waals surface area contributed by atoms with Crippen molar-refractivity contribution in [3.05, 3.63) is 54.1 Å². The van der Waals surface area contributed by atoms with Crippen molar-refractivity contribution in [3.8, 4) is 5.75 Å². The van der Waals surface area contributed by atoms with Gasteiger partial charge in [0.05, 0.1) is 24.9 Å². The van der Waals surface area contributed by atoms with Crippen molar-refractivity contribution in [2.75, 3.05) is 24.3 Å². The van der Waals surface area contributed by atoms with Crippen LogP contribution in [-0.4, -0.2) is 31.9 Å². The van der Waals surface area contributed by atoms with E-state index >= 15 is 0 Å². The Morgan fingerprint density at radius 2 is 1.69 bits per heavy atom. The number of anilines is 2. The van der Waals surface area contributed by atoms with Crippen molar-refractivity contribution < 1.29 is 32.2 Å². The SMILES string of the molecule is COC(=O)c1ccc(NC(=O)CNc2ccccc2OC(F)(F)F)cc1. The lowest BCUT2D eigenvalue weighted by atomic mass is 10.2. The van der Waals surface area contributed by atoms with Crippen LogP contribution in [0.15, 0.2) is 48.5 Å². The number of rotatable bonds is 6. The first-order valence-corrected chi connectivity index (χ1v) is 7.35. The Hall–Kier alpha value is -3.23. The molecule has 0 bridgehead atoms. The molecule has 9 heteroatoms. The molecular formula is C17H15F3N2O4. The molecule has 2 N–H and O–H groups in total. The van der Waals surface area contributed by atoms with E-state index in [1.54, 1.807) is 0 Å². The smallest absolute Gasteiger partial charge is 0.465 e. The van der Waals surface area contributed by atoms with E-state index in [1.807, 2.05) is 0 Å². The number of carbonyl (C=O) groups excluding carboxylic acids is 2. The first-order chi connectivity index (χ1) is 12.3. The highest BCUT2D eigenvalue weighted by atomic mass is 19.4. The lowest BCUT2D eigenvalue weighted by Gasteiger charge is -2.14. The molecule has 2 aromatic carbocycles. The molecule has 0 saturated carbocycles. The molecule has 0 aliphatic rings. The maximum atomic E-state index is 12.4. The van der Waals surface area contributed by atoms with E-state index in [-0.39, 0.29) is 12.2 Å². The predicted octanol–water partition coefficient (Wildman–Crippen LogP) is 3.42. The molecule has 1 amide bonds. The monoisotopic (exact) mass is 368 g/mol. The molecule has 138 valence electrons. The molecule has 26 heavy (non-hydrogen) atoms. The molecule has 0 heterocycles. The average molecular weight is 368 g/mol. The summed E-state index contributed by atoms with van der Waals surface area (Å²) in [4.78, 5) is 23.3. The molecule has 2 aromatic rings. The van der Waals surface area contributed by atoms with Gasteiger partial charge in [-0.15, -0.1) is 13.2 Å². The van der Waals surface area contributed by atoms with Crippen LogP contribution in [-0.2, 0) is 9.53 Å². The summed E-state index contributed by atoms with van der Waals surface area (Å²) in [6.07, 6.45) is -4.83. The topological polar surface area (TPSA) is 76.7 Å². The van der Waals surface area contributed by atoms with Crippen molar-refractivity contribution in [3.63, 3.8) is 0 Å². The van der Waals surface area contributed by atoms with Crippen LogP contribution in [0.1, 0.15) is 10.4 Å². The normalized spacial score (nSPS) is 10.8. The summed E-state index contributed by atoms with van der Waals surface area (Å²) in [5.41, 5.74) is 0.771. The largest absolute Gasteiger partial charge is 0.573 e. The fourth-order valence-electron chi connectivity index (χ4n) is 2.01. The van der Waals surface area contributed by atoms with Crippen LogP contribution in [0.25, 0.3) is 0 Å². The predicted molar refractivity (Wildman–Crippen MR) is 88.0 cm³/mol. The van der Waals surface area contributed by atoms with Crippen molar-refractivity contribution in [2.45, 2.75) is 6.36 Å². The number of amides is 1. The van der Waals surface area contributed by atoms with Gasteiger partial charge in [-0.2, -0.15) is 0 Å². The van der Waals surface area contributed by atoms with Gasteiger partial charge in [0.1, 0.15) is 0 Å². The summed E-state index contributed by atoms with van der Waals surface area (Å²) >= 11 is 0. The van der Waals surface area contributed by atoms with E-state index in [2.05, 4.69) is 20.1 Å². The Morgan fingerprint density at radius 3 is 2.31 bits per heavy atom. The van der Waals surface area contributed by atoms with Crippen LogP contribution in [0, 0.1) is 0 Å². The number of nitrogens with one attached hydrogen (secondary N) is 2. The fraction of sp³-hybridized carbons (Fsp3) is 0.176. The molecule has 0 spiro atoms. The van der Waals surface area contributed by atoms with Gasteiger partial charge >= 0.3 is 12.3 Å². The van der Waals surface area contributed by atoms with Crippen LogP contribution < -0.4 is 15.4 Å². The Morgan fingerprint density at radius 1 is 1.04 bits per heavy atom. The number of para-hydroxylation sites is 2. The molecule has 0 aliphatic carbocycles. The van der Waals surface area contributed by atoms with Gasteiger partial charge in [0, 0.05) is 5.69 Å². The molecular weight excluding hydrogens is 353 g/mol. The lowest BCUT2D eigenvalue weighted by Crippen LogP contribution is -2.23. The molecule has 0 radical (unpaired) electrons. The Labute approximate surface area is 146 Å². The third kappa shape index (κ3) is 5.69. The van der Waals surface area contributed by atoms with Crippen LogP contribution >= 0.6 is 0 Å². The summed E-state index contributed by atoms with van der Waals surface area (Å²) in [5, 5.41) is 5.13. The van der Waals surface area contributed by atoms with Gasteiger partial charge in [-0.25, -0.2) is 4.79 Å². The van der Waals surface area contributed by atoms with E-state index in [4.69, 9.17) is 0 Å². The van der Waals surface area contributed by atoms with Crippen LogP contribution in [0.2, 0.25) is 0 Å². The third-order valence-electron chi connectivity index (χ3n) is 3.14. The number of alkyl halides is 3. The van der Waals surface area contributed by atoms with Gasteiger partial charge in [0.25, 0.3) is 0 Å². The highest BCUT2D eigenvalue weighted by Gasteiger charge is 2.32. The highest BCUT2D eigenvalue weighted by molar-refractivity contribution is 5.95. The quantitative estimate of drug-likeness (QED) is 0.764. The van der Waals surface area contributed by atoms with Gasteiger partial charge < -0.3 is 20.1 Å². The first-order valence-electron chi connectivity index (χ1n) is 7.35. The average Bonchev–Trinajstić information content (AvgIpc) is 2.59. The van der Waals surface area contributed by atoms with Gasteiger partial charge in [-0.3, -0.25) is 4.79 Å². The standard InChI is InChI=1S/C17H15F3N2O4/c1-25-16(24)11-6-8-12(9-7-11)22-15(23)10-21-13-4-2-3-5-14(13)26-17(18,19)20/h2-9,21H,10H2,1H3,(H,22,23). The zero-order chi connectivity index (χ0) is 19.2. The maximum absolute atomic E-state index is 12.4. The molecule has 0 aromatic heterocycles. The minimum Gasteiger partial charge on any atom is -0.465 e. The second kappa shape index (κ2) is 8.24. The van der Waals surface area contributed by atoms with Crippen molar-refractivity contribution in [1.82, 2.24) is 0 Å². The molecule has 0 fully saturated rings. The van der Waals surface area contributed by atoms with E-state index < -0.39 is 24.0 Å². The van der Waals surface area contributed by atoms with Crippen molar-refractivity contribution in [1.29, 1.82) is 0 Å². The highest BCUT2D eigenvalue weighted by Crippen LogP contribution is 2.29. The Kier molecular flexibility index (Phi) is 6.05. The number of carbonyl (C=O) groups is 2. The summed E-state index contributed by atoms with van der Waals surface area (Å²) in [7, 11) is 1.25. The summed E-state index contributed by atoms with van der Waals surface area (Å²) in [6, 6.07) is 11.3. The zero-order valence-corrected chi connectivity index (χ0v) is 13.6. The second-order valence-electron chi connectivity index (χ2n) is 5.01. The molecule has 0 unspecified atom stereocenters. The van der Waals surface area contributed by atoms with E-state index in [1.165, 1.54) is 49.6 Å². The second-order valence-corrected chi connectivity index (χ2v) is 5.01. The number of hydrogen-bond donors (Lipinski definition) is 2. The van der Waals surface area contributed by atoms with Gasteiger partial charge in [-0.1, -0.05) is 12.1 Å². The molecule has 0 atom stereocenters. The minimum absolute atomic E-state index is 0.0287. The summed E-state index contributed by atoms with van der Waals surface area (Å²) in [5.74, 6) is -1.43. The number of ether oxygens (including phenoxy) is 2. The number of esters is 1. The maximum Gasteiger partial charge on any atom is 0.573 e. The van der Waals surface area contributed by atoms with Crippen molar-refractivity contribution >= 4 is 23.3 Å². The van der Waals surface area contributed by atoms with Gasteiger partial charge in [0.2, 0.25) is 5.91 Å². The van der Waals surface area contributed by atoms with Crippen molar-refractivity contribution in [2.24, 2.45) is 0 Å². The number of benzene rings is 2. The summed E-state index contributed by atoms with van der Waals surface area (Å²) < 4.78 is 45.5. The Balaban J connectivity index is 1.94. The van der Waals surface area contributed by atoms with Crippen LogP contribution in [0.5, 0.6) is 5.75 Å². The zero-order valence-electron chi connectivity index (χ0n) is 13.6. The fourth-order valence-corrected chi connectivity index (χ4v) is 2.01. The van der Waals surface area contributed by atoms with E-state index in [9.17, 15) is 22.8 Å². The van der Waals surface area contributed by atoms with E-state index in [0.717, 1.165) is 6.07 Å². The lowest BCUT2D eigenvalue weighted by molar-refractivity contribution is -0.274. The number of methoxy groups -OCH3 is 1. The third-order valence-corrected chi connectivity index (χ3v) is 3.14. The Bertz CT molecular complexity index is 776.